The van der Waals surface area contributed by atoms with Gasteiger partial charge in [-0.3, -0.25) is 14.6 Å². The molecule has 1 heterocycles. The number of aromatic nitrogens is 1. The maximum atomic E-state index is 13.2. The van der Waals surface area contributed by atoms with Gasteiger partial charge in [0, 0.05) is 17.5 Å². The second kappa shape index (κ2) is 9.14. The van der Waals surface area contributed by atoms with Gasteiger partial charge in [0.1, 0.15) is 12.4 Å². The van der Waals surface area contributed by atoms with Gasteiger partial charge in [-0.2, -0.15) is 0 Å². The van der Waals surface area contributed by atoms with Crippen molar-refractivity contribution in [3.63, 3.8) is 0 Å². The SMILES string of the molecule is CC12C=CC(=O)C=C1CCC1C2CCC2(C)C(C(=O)COc3cccnc3)CCC12.OS. The smallest absolute Gasteiger partial charge is 0.178 e. The van der Waals surface area contributed by atoms with E-state index < -0.39 is 0 Å². The third-order valence-corrected chi connectivity index (χ3v) is 8.96. The van der Waals surface area contributed by atoms with Crippen LogP contribution in [0.5, 0.6) is 5.75 Å². The highest BCUT2D eigenvalue weighted by Crippen LogP contribution is 2.66. The summed E-state index contributed by atoms with van der Waals surface area (Å²) < 4.78 is 12.4. The lowest BCUT2D eigenvalue weighted by Crippen LogP contribution is -2.50. The van der Waals surface area contributed by atoms with Gasteiger partial charge < -0.3 is 9.29 Å². The lowest BCUT2D eigenvalue weighted by atomic mass is 9.47. The average molecular weight is 456 g/mol. The normalized spacial score (nSPS) is 37.2. The molecule has 32 heavy (non-hydrogen) atoms. The van der Waals surface area contributed by atoms with Gasteiger partial charge in [0.25, 0.3) is 0 Å². The molecule has 0 saturated heterocycles. The summed E-state index contributed by atoms with van der Waals surface area (Å²) in [6, 6.07) is 3.68. The number of carbonyl (C=O) groups excluding carboxylic acids is 2. The van der Waals surface area contributed by atoms with Crippen molar-refractivity contribution in [2.24, 2.45) is 34.5 Å². The van der Waals surface area contributed by atoms with E-state index in [1.165, 1.54) is 5.57 Å². The third kappa shape index (κ3) is 3.86. The monoisotopic (exact) mass is 455 g/mol. The van der Waals surface area contributed by atoms with Gasteiger partial charge in [0.2, 0.25) is 0 Å². The Kier molecular flexibility index (Phi) is 6.64. The Morgan fingerprint density at radius 1 is 1.22 bits per heavy atom. The lowest BCUT2D eigenvalue weighted by Gasteiger charge is -2.56. The molecule has 1 aromatic rings. The van der Waals surface area contributed by atoms with E-state index in [4.69, 9.17) is 9.29 Å². The molecule has 172 valence electrons. The number of pyridine rings is 1. The first-order valence-corrected chi connectivity index (χ1v) is 12.0. The number of ether oxygens (including phenoxy) is 1. The highest BCUT2D eigenvalue weighted by Gasteiger charge is 2.59. The molecule has 0 amide bonds. The molecule has 6 heteroatoms. The molecule has 0 spiro atoms. The minimum absolute atomic E-state index is 0.0175. The predicted molar refractivity (Wildman–Crippen MR) is 126 cm³/mol. The van der Waals surface area contributed by atoms with Crippen molar-refractivity contribution in [3.8, 4) is 5.75 Å². The molecular formula is C26H33NO4S. The molecule has 3 fully saturated rings. The molecule has 6 unspecified atom stereocenters. The van der Waals surface area contributed by atoms with E-state index >= 15 is 0 Å². The second-order valence-corrected chi connectivity index (χ2v) is 10.2. The Morgan fingerprint density at radius 2 is 2.03 bits per heavy atom. The van der Waals surface area contributed by atoms with Crippen LogP contribution in [0.1, 0.15) is 52.4 Å². The molecule has 3 saturated carbocycles. The fourth-order valence-electron chi connectivity index (χ4n) is 7.41. The maximum Gasteiger partial charge on any atom is 0.178 e. The van der Waals surface area contributed by atoms with Crippen LogP contribution in [0.15, 0.2) is 48.3 Å². The van der Waals surface area contributed by atoms with E-state index in [0.717, 1.165) is 38.5 Å². The summed E-state index contributed by atoms with van der Waals surface area (Å²) in [7, 11) is 0. The standard InChI is InChI=1S/C26H31NO3.H2OS/c1-25-11-9-18(28)14-17(25)5-6-20-21-7-8-23(26(21,2)12-10-22(20)25)24(29)16-30-19-4-3-13-27-15-19;1-2/h3-4,9,11,13-15,20-23H,5-8,10,12,16H2,1-2H3;1-2H. The lowest BCUT2D eigenvalue weighted by molar-refractivity contribution is -0.131. The van der Waals surface area contributed by atoms with E-state index in [0.29, 0.717) is 23.5 Å². The first-order valence-electron chi connectivity index (χ1n) is 11.6. The van der Waals surface area contributed by atoms with Gasteiger partial charge in [-0.15, -0.1) is 0 Å². The minimum atomic E-state index is 0.0175. The fourth-order valence-corrected chi connectivity index (χ4v) is 7.41. The summed E-state index contributed by atoms with van der Waals surface area (Å²) in [5.41, 5.74) is 1.42. The number of allylic oxidation sites excluding steroid dienone is 4. The number of hydrogen-bond donors (Lipinski definition) is 2. The minimum Gasteiger partial charge on any atom is -0.484 e. The molecular weight excluding hydrogens is 422 g/mol. The molecule has 1 N–H and O–H groups in total. The average Bonchev–Trinajstić information content (AvgIpc) is 3.17. The second-order valence-electron chi connectivity index (χ2n) is 10.2. The Balaban J connectivity index is 0.00000119. The van der Waals surface area contributed by atoms with Crippen molar-refractivity contribution >= 4 is 24.5 Å². The molecule has 4 aliphatic carbocycles. The number of thiol groups is 1. The number of rotatable bonds is 4. The zero-order chi connectivity index (χ0) is 22.9. The van der Waals surface area contributed by atoms with Crippen molar-refractivity contribution in [3.05, 3.63) is 48.3 Å². The summed E-state index contributed by atoms with van der Waals surface area (Å²) >= 11 is 2.53. The molecule has 4 aliphatic rings. The maximum absolute atomic E-state index is 13.2. The van der Waals surface area contributed by atoms with Gasteiger partial charge in [-0.25, -0.2) is 0 Å². The molecule has 5 nitrogen and oxygen atoms in total. The zero-order valence-electron chi connectivity index (χ0n) is 18.9. The van der Waals surface area contributed by atoms with Crippen LogP contribution in [0.3, 0.4) is 0 Å². The largest absolute Gasteiger partial charge is 0.484 e. The highest BCUT2D eigenvalue weighted by molar-refractivity contribution is 7.74. The molecule has 1 aromatic heterocycles. The number of Topliss-reactive ketones (excluding diaryl/α,β-unsaturated/α-hetero) is 1. The van der Waals surface area contributed by atoms with E-state index in [1.54, 1.807) is 18.5 Å². The van der Waals surface area contributed by atoms with Crippen LogP contribution in [0.25, 0.3) is 0 Å². The van der Waals surface area contributed by atoms with Crippen molar-refractivity contribution in [1.82, 2.24) is 4.98 Å². The number of carbonyl (C=O) groups is 2. The van der Waals surface area contributed by atoms with E-state index in [2.05, 4.69) is 37.8 Å². The first-order chi connectivity index (χ1) is 15.4. The van der Waals surface area contributed by atoms with Crippen LogP contribution < -0.4 is 4.74 Å². The van der Waals surface area contributed by atoms with Crippen LogP contribution in [0.4, 0.5) is 0 Å². The van der Waals surface area contributed by atoms with Crippen molar-refractivity contribution in [2.75, 3.05) is 6.61 Å². The van der Waals surface area contributed by atoms with Crippen LogP contribution in [-0.4, -0.2) is 27.7 Å². The first kappa shape index (κ1) is 23.2. The molecule has 0 aromatic carbocycles. The molecule has 0 radical (unpaired) electrons. The summed E-state index contributed by atoms with van der Waals surface area (Å²) in [5, 5.41) is 0. The van der Waals surface area contributed by atoms with Crippen LogP contribution in [0, 0.1) is 34.5 Å². The van der Waals surface area contributed by atoms with Gasteiger partial charge in [0.15, 0.2) is 11.6 Å². The number of ketones is 2. The van der Waals surface area contributed by atoms with Gasteiger partial charge in [-0.1, -0.05) is 25.5 Å². The van der Waals surface area contributed by atoms with Crippen LogP contribution in [-0.2, 0) is 9.59 Å². The molecule has 5 rings (SSSR count). The zero-order valence-corrected chi connectivity index (χ0v) is 19.8. The summed E-state index contributed by atoms with van der Waals surface area (Å²) in [4.78, 5) is 29.1. The highest BCUT2D eigenvalue weighted by atomic mass is 32.1. The number of fused-ring (bicyclic) bond motifs is 5. The van der Waals surface area contributed by atoms with Crippen molar-refractivity contribution in [2.45, 2.75) is 52.4 Å². The Hall–Kier alpha value is -1.92. The molecule has 0 bridgehead atoms. The fraction of sp³-hybridized carbons (Fsp3) is 0.577. The van der Waals surface area contributed by atoms with Gasteiger partial charge in [0.05, 0.1) is 6.20 Å². The van der Waals surface area contributed by atoms with E-state index in [-0.39, 0.29) is 34.9 Å². The van der Waals surface area contributed by atoms with E-state index in [9.17, 15) is 9.59 Å². The Labute approximate surface area is 196 Å². The van der Waals surface area contributed by atoms with Crippen molar-refractivity contribution in [1.29, 1.82) is 0 Å². The van der Waals surface area contributed by atoms with Gasteiger partial charge >= 0.3 is 0 Å². The Bertz CT molecular complexity index is 929. The summed E-state index contributed by atoms with van der Waals surface area (Å²) in [6.45, 7) is 4.84. The summed E-state index contributed by atoms with van der Waals surface area (Å²) in [5.74, 6) is 2.95. The number of hydrogen-bond acceptors (Lipinski definition) is 6. The third-order valence-electron chi connectivity index (χ3n) is 8.96. The summed E-state index contributed by atoms with van der Waals surface area (Å²) in [6.07, 6.45) is 15.7. The number of nitrogens with zero attached hydrogens (tertiary/aromatic N) is 1. The predicted octanol–water partition coefficient (Wildman–Crippen LogP) is 5.34. The van der Waals surface area contributed by atoms with E-state index in [1.807, 2.05) is 18.2 Å². The van der Waals surface area contributed by atoms with Gasteiger partial charge in [-0.05, 0) is 98.9 Å². The topological polar surface area (TPSA) is 76.5 Å². The van der Waals surface area contributed by atoms with Crippen LogP contribution in [0.2, 0.25) is 0 Å². The molecule has 0 aliphatic heterocycles. The van der Waals surface area contributed by atoms with Crippen LogP contribution >= 0.6 is 12.9 Å². The molecule has 6 atom stereocenters. The Morgan fingerprint density at radius 3 is 2.78 bits per heavy atom. The van der Waals surface area contributed by atoms with Crippen molar-refractivity contribution < 1.29 is 18.9 Å². The quantitative estimate of drug-likeness (QED) is 0.473.